The highest BCUT2D eigenvalue weighted by Gasteiger charge is 2.26. The van der Waals surface area contributed by atoms with Gasteiger partial charge in [-0.1, -0.05) is 35.9 Å². The van der Waals surface area contributed by atoms with Crippen LogP contribution in [0.3, 0.4) is 0 Å². The Bertz CT molecular complexity index is 571. The number of carbonyl (C=O) groups is 1. The zero-order valence-electron chi connectivity index (χ0n) is 11.1. The van der Waals surface area contributed by atoms with Crippen LogP contribution in [0.25, 0.3) is 0 Å². The van der Waals surface area contributed by atoms with E-state index in [9.17, 15) is 9.90 Å². The Labute approximate surface area is 127 Å². The molecule has 0 aliphatic rings. The zero-order chi connectivity index (χ0) is 14.5. The molecule has 0 saturated heterocycles. The number of thiophene rings is 1. The summed E-state index contributed by atoms with van der Waals surface area (Å²) in [6.07, 6.45) is 0.836. The number of halogens is 1. The summed E-state index contributed by atoms with van der Waals surface area (Å²) in [5, 5.41) is 12.0. The summed E-state index contributed by atoms with van der Waals surface area (Å²) in [5.41, 5.74) is 0.635. The van der Waals surface area contributed by atoms with Gasteiger partial charge in [-0.15, -0.1) is 11.3 Å². The average Bonchev–Trinajstić information content (AvgIpc) is 2.92. The van der Waals surface area contributed by atoms with Gasteiger partial charge in [0.15, 0.2) is 0 Å². The highest BCUT2D eigenvalue weighted by Crippen LogP contribution is 2.27. The molecular formula is C15H16ClNO2S. The molecule has 0 radical (unpaired) electrons. The first kappa shape index (κ1) is 15.0. The second-order valence-corrected chi connectivity index (χ2v) is 6.01. The Morgan fingerprint density at radius 2 is 2.10 bits per heavy atom. The molecular weight excluding hydrogens is 294 g/mol. The number of hydrogen-bond acceptors (Lipinski definition) is 3. The SMILES string of the molecule is CN(CCc1cccs1)[C@H](C(=O)O)c1ccccc1Cl. The Balaban J connectivity index is 2.12. The van der Waals surface area contributed by atoms with E-state index in [1.807, 2.05) is 29.5 Å². The van der Waals surface area contributed by atoms with Crippen LogP contribution in [0.15, 0.2) is 41.8 Å². The van der Waals surface area contributed by atoms with Gasteiger partial charge in [0.1, 0.15) is 6.04 Å². The lowest BCUT2D eigenvalue weighted by Crippen LogP contribution is -2.32. The van der Waals surface area contributed by atoms with Crippen LogP contribution < -0.4 is 0 Å². The van der Waals surface area contributed by atoms with E-state index in [1.54, 1.807) is 29.5 Å². The number of likely N-dealkylation sites (N-methyl/N-ethyl adjacent to an activating group) is 1. The lowest BCUT2D eigenvalue weighted by atomic mass is 10.1. The third-order valence-electron chi connectivity index (χ3n) is 3.17. The van der Waals surface area contributed by atoms with Crippen molar-refractivity contribution in [2.24, 2.45) is 0 Å². The van der Waals surface area contributed by atoms with Crippen molar-refractivity contribution in [3.05, 3.63) is 57.2 Å². The molecule has 2 aromatic rings. The maximum absolute atomic E-state index is 11.6. The van der Waals surface area contributed by atoms with Gasteiger partial charge in [-0.05, 0) is 36.5 Å². The fourth-order valence-corrected chi connectivity index (χ4v) is 3.06. The van der Waals surface area contributed by atoms with E-state index in [4.69, 9.17) is 11.6 Å². The summed E-state index contributed by atoms with van der Waals surface area (Å²) >= 11 is 7.80. The predicted molar refractivity (Wildman–Crippen MR) is 82.5 cm³/mol. The summed E-state index contributed by atoms with van der Waals surface area (Å²) in [6.45, 7) is 0.669. The second-order valence-electron chi connectivity index (χ2n) is 4.57. The van der Waals surface area contributed by atoms with E-state index in [-0.39, 0.29) is 0 Å². The summed E-state index contributed by atoms with van der Waals surface area (Å²) in [5.74, 6) is -0.883. The Morgan fingerprint density at radius 3 is 2.70 bits per heavy atom. The largest absolute Gasteiger partial charge is 0.480 e. The lowest BCUT2D eigenvalue weighted by molar-refractivity contribution is -0.143. The lowest BCUT2D eigenvalue weighted by Gasteiger charge is -2.25. The molecule has 1 N–H and O–H groups in total. The van der Waals surface area contributed by atoms with Gasteiger partial charge in [0, 0.05) is 16.4 Å². The molecule has 0 bridgehead atoms. The van der Waals surface area contributed by atoms with E-state index < -0.39 is 12.0 Å². The Morgan fingerprint density at radius 1 is 1.35 bits per heavy atom. The van der Waals surface area contributed by atoms with Crippen LogP contribution in [0.4, 0.5) is 0 Å². The smallest absolute Gasteiger partial charge is 0.325 e. The molecule has 0 aliphatic heterocycles. The molecule has 106 valence electrons. The van der Waals surface area contributed by atoms with Crippen LogP contribution in [0.1, 0.15) is 16.5 Å². The topological polar surface area (TPSA) is 40.5 Å². The van der Waals surface area contributed by atoms with Crippen molar-refractivity contribution in [3.8, 4) is 0 Å². The quantitative estimate of drug-likeness (QED) is 0.884. The van der Waals surface area contributed by atoms with Crippen LogP contribution in [0, 0.1) is 0 Å². The van der Waals surface area contributed by atoms with E-state index in [0.29, 0.717) is 17.1 Å². The first-order valence-electron chi connectivity index (χ1n) is 6.29. The van der Waals surface area contributed by atoms with Gasteiger partial charge < -0.3 is 5.11 Å². The molecule has 2 rings (SSSR count). The minimum absolute atomic E-state index is 0.489. The fourth-order valence-electron chi connectivity index (χ4n) is 2.13. The average molecular weight is 310 g/mol. The summed E-state index contributed by atoms with van der Waals surface area (Å²) in [4.78, 5) is 14.6. The van der Waals surface area contributed by atoms with E-state index >= 15 is 0 Å². The maximum atomic E-state index is 11.6. The van der Waals surface area contributed by atoms with Crippen LogP contribution >= 0.6 is 22.9 Å². The van der Waals surface area contributed by atoms with Gasteiger partial charge >= 0.3 is 5.97 Å². The van der Waals surface area contributed by atoms with Crippen molar-refractivity contribution in [1.82, 2.24) is 4.90 Å². The molecule has 1 heterocycles. The van der Waals surface area contributed by atoms with Gasteiger partial charge in [0.25, 0.3) is 0 Å². The molecule has 3 nitrogen and oxygen atoms in total. The highest BCUT2D eigenvalue weighted by atomic mass is 35.5. The third kappa shape index (κ3) is 3.60. The van der Waals surface area contributed by atoms with Gasteiger partial charge in [-0.2, -0.15) is 0 Å². The molecule has 0 amide bonds. The van der Waals surface area contributed by atoms with Gasteiger partial charge in [0.2, 0.25) is 0 Å². The predicted octanol–water partition coefficient (Wildman–Crippen LogP) is 3.70. The number of hydrogen-bond donors (Lipinski definition) is 1. The number of carboxylic acids is 1. The zero-order valence-corrected chi connectivity index (χ0v) is 12.7. The number of aliphatic carboxylic acids is 1. The van der Waals surface area contributed by atoms with Crippen LogP contribution in [0.5, 0.6) is 0 Å². The first-order valence-corrected chi connectivity index (χ1v) is 7.55. The molecule has 1 aromatic heterocycles. The van der Waals surface area contributed by atoms with Gasteiger partial charge in [-0.3, -0.25) is 9.69 Å². The van der Waals surface area contributed by atoms with E-state index in [1.165, 1.54) is 4.88 Å². The third-order valence-corrected chi connectivity index (χ3v) is 4.45. The van der Waals surface area contributed by atoms with Crippen LogP contribution in [-0.4, -0.2) is 29.6 Å². The number of carboxylic acid groups (broad SMARTS) is 1. The minimum Gasteiger partial charge on any atom is -0.480 e. The molecule has 0 spiro atoms. The van der Waals surface area contributed by atoms with Crippen LogP contribution in [-0.2, 0) is 11.2 Å². The van der Waals surface area contributed by atoms with E-state index in [2.05, 4.69) is 6.07 Å². The molecule has 0 fully saturated rings. The van der Waals surface area contributed by atoms with Crippen molar-refractivity contribution in [2.45, 2.75) is 12.5 Å². The van der Waals surface area contributed by atoms with Crippen molar-refractivity contribution >= 4 is 28.9 Å². The molecule has 0 aliphatic carbocycles. The Kier molecular flexibility index (Phi) is 5.17. The molecule has 5 heteroatoms. The maximum Gasteiger partial charge on any atom is 0.325 e. The first-order chi connectivity index (χ1) is 9.59. The van der Waals surface area contributed by atoms with Crippen molar-refractivity contribution in [1.29, 1.82) is 0 Å². The minimum atomic E-state index is -0.883. The molecule has 1 aromatic carbocycles. The summed E-state index contributed by atoms with van der Waals surface area (Å²) in [7, 11) is 1.82. The molecule has 1 atom stereocenters. The summed E-state index contributed by atoms with van der Waals surface area (Å²) in [6, 6.07) is 10.4. The normalized spacial score (nSPS) is 12.6. The highest BCUT2D eigenvalue weighted by molar-refractivity contribution is 7.09. The monoisotopic (exact) mass is 309 g/mol. The Hall–Kier alpha value is -1.36. The fraction of sp³-hybridized carbons (Fsp3) is 0.267. The number of rotatable bonds is 6. The molecule has 0 unspecified atom stereocenters. The van der Waals surface area contributed by atoms with Gasteiger partial charge in [0.05, 0.1) is 0 Å². The molecule has 20 heavy (non-hydrogen) atoms. The van der Waals surface area contributed by atoms with Crippen molar-refractivity contribution < 1.29 is 9.90 Å². The van der Waals surface area contributed by atoms with E-state index in [0.717, 1.165) is 6.42 Å². The van der Waals surface area contributed by atoms with Crippen molar-refractivity contribution in [3.63, 3.8) is 0 Å². The number of nitrogens with zero attached hydrogens (tertiary/aromatic N) is 1. The molecule has 0 saturated carbocycles. The van der Waals surface area contributed by atoms with Crippen molar-refractivity contribution in [2.75, 3.05) is 13.6 Å². The summed E-state index contributed by atoms with van der Waals surface area (Å²) < 4.78 is 0. The standard InChI is InChI=1S/C15H16ClNO2S/c1-17(9-8-11-5-4-10-20-11)14(15(18)19)12-6-2-3-7-13(12)16/h2-7,10,14H,8-9H2,1H3,(H,18,19)/t14-/m0/s1. The second kappa shape index (κ2) is 6.88. The van der Waals surface area contributed by atoms with Gasteiger partial charge in [-0.25, -0.2) is 0 Å². The van der Waals surface area contributed by atoms with Crippen LogP contribution in [0.2, 0.25) is 5.02 Å². The number of benzene rings is 1.